The van der Waals surface area contributed by atoms with Crippen LogP contribution in [0.1, 0.15) is 0 Å². The van der Waals surface area contributed by atoms with Crippen LogP contribution in [-0.4, -0.2) is 0 Å². The van der Waals surface area contributed by atoms with Crippen LogP contribution < -0.4 is 0 Å². The van der Waals surface area contributed by atoms with Crippen molar-refractivity contribution in [2.75, 3.05) is 0 Å². The van der Waals surface area contributed by atoms with Crippen molar-refractivity contribution in [3.63, 3.8) is 0 Å². The van der Waals surface area contributed by atoms with Crippen molar-refractivity contribution >= 4 is 0 Å². The molecule has 0 radical (unpaired) electrons. The Kier molecular flexibility index (Phi) is 3030. The summed E-state index contributed by atoms with van der Waals surface area (Å²) >= 11 is 0. The maximum Gasteiger partial charge on any atom is 0 e. The van der Waals surface area contributed by atoms with Gasteiger partial charge >= 0.3 is 0 Å². The SMILES string of the molecule is [Fe].[Fe].[O-2].[O-2].[O-2]. The fourth-order valence-corrected chi connectivity index (χ4v) is 0. The van der Waals surface area contributed by atoms with Crippen molar-refractivity contribution in [1.29, 1.82) is 0 Å². The fourth-order valence-electron chi connectivity index (χ4n) is 0. The summed E-state index contributed by atoms with van der Waals surface area (Å²) in [5, 5.41) is 0. The first-order valence-electron chi connectivity index (χ1n) is 0. The molecule has 0 bridgehead atoms. The Balaban J connectivity index is 0. The fraction of sp³-hybridized carbons (Fsp3) is 0. The monoisotopic (exact) mass is 160 g/mol. The van der Waals surface area contributed by atoms with Crippen LogP contribution in [0.25, 0.3) is 0 Å². The van der Waals surface area contributed by atoms with Crippen LogP contribution in [0.3, 0.4) is 0 Å². The summed E-state index contributed by atoms with van der Waals surface area (Å²) in [6, 6.07) is 0. The first-order chi connectivity index (χ1) is 0. The first-order valence-corrected chi connectivity index (χ1v) is 0. The summed E-state index contributed by atoms with van der Waals surface area (Å²) in [4.78, 5) is 0. The van der Waals surface area contributed by atoms with Crippen LogP contribution in [0.5, 0.6) is 0 Å². The maximum atomic E-state index is 0. The Morgan fingerprint density at radius 2 is 0.400 bits per heavy atom. The first kappa shape index (κ1) is 170. The van der Waals surface area contributed by atoms with Crippen LogP contribution in [0.15, 0.2) is 0 Å². The topological polar surface area (TPSA) is 85.5 Å². The third kappa shape index (κ3) is 49.6. The molecular weight excluding hydrogens is 160 g/mol. The van der Waals surface area contributed by atoms with Gasteiger partial charge < -0.3 is 16.4 Å². The summed E-state index contributed by atoms with van der Waals surface area (Å²) in [6.45, 7) is 0. The molecule has 0 saturated heterocycles. The molecule has 0 N–H and O–H groups in total. The molecule has 40 valence electrons. The predicted octanol–water partition coefficient (Wildman–Crippen LogP) is -0.361. The van der Waals surface area contributed by atoms with E-state index in [1.165, 1.54) is 0 Å². The normalized spacial score (nSPS) is 0. The Hall–Kier alpha value is 0.919. The van der Waals surface area contributed by atoms with E-state index in [1.807, 2.05) is 0 Å². The summed E-state index contributed by atoms with van der Waals surface area (Å²) in [5.74, 6) is 0. The van der Waals surface area contributed by atoms with E-state index in [4.69, 9.17) is 0 Å². The molecule has 0 fully saturated rings. The third-order valence-corrected chi connectivity index (χ3v) is 0. The number of hydrogen-bond acceptors (Lipinski definition) is 0. The van der Waals surface area contributed by atoms with Crippen LogP contribution in [-0.2, 0) is 50.6 Å². The molecule has 0 saturated carbocycles. The molecule has 0 unspecified atom stereocenters. The van der Waals surface area contributed by atoms with E-state index in [0.717, 1.165) is 0 Å². The Bertz CT molecular complexity index is 4.85. The molecule has 0 spiro atoms. The Morgan fingerprint density at radius 3 is 0.400 bits per heavy atom. The molecule has 0 aliphatic heterocycles. The van der Waals surface area contributed by atoms with E-state index in [1.54, 1.807) is 0 Å². The summed E-state index contributed by atoms with van der Waals surface area (Å²) in [7, 11) is 0. The second-order valence-corrected chi connectivity index (χ2v) is 0. The van der Waals surface area contributed by atoms with Gasteiger partial charge in [0.1, 0.15) is 0 Å². The van der Waals surface area contributed by atoms with Crippen molar-refractivity contribution in [3.05, 3.63) is 0 Å². The van der Waals surface area contributed by atoms with Crippen LogP contribution in [0, 0.1) is 0 Å². The molecule has 0 aliphatic rings. The van der Waals surface area contributed by atoms with E-state index in [-0.39, 0.29) is 50.6 Å². The minimum Gasteiger partial charge on any atom is -2.00 e. The molecule has 5 heteroatoms. The number of rotatable bonds is 0. The molecule has 0 aliphatic carbocycles. The van der Waals surface area contributed by atoms with E-state index in [0.29, 0.717) is 0 Å². The van der Waals surface area contributed by atoms with Crippen LogP contribution in [0.2, 0.25) is 0 Å². The molecule has 5 heavy (non-hydrogen) atoms. The molecule has 0 heterocycles. The van der Waals surface area contributed by atoms with Gasteiger partial charge in [0.25, 0.3) is 0 Å². The van der Waals surface area contributed by atoms with Crippen LogP contribution >= 0.6 is 0 Å². The summed E-state index contributed by atoms with van der Waals surface area (Å²) < 4.78 is 0. The van der Waals surface area contributed by atoms with Gasteiger partial charge in [-0.1, -0.05) is 0 Å². The van der Waals surface area contributed by atoms with Gasteiger partial charge in [-0.2, -0.15) is 0 Å². The van der Waals surface area contributed by atoms with Gasteiger partial charge in [0.2, 0.25) is 0 Å². The van der Waals surface area contributed by atoms with Crippen molar-refractivity contribution in [1.82, 2.24) is 0 Å². The van der Waals surface area contributed by atoms with E-state index in [9.17, 15) is 0 Å². The molecule has 0 rings (SSSR count). The predicted molar refractivity (Wildman–Crippen MR) is 2.06 cm³/mol. The molecular formula is Fe2O3-6. The van der Waals surface area contributed by atoms with Crippen molar-refractivity contribution in [2.24, 2.45) is 0 Å². The van der Waals surface area contributed by atoms with Gasteiger partial charge in [-0.05, 0) is 0 Å². The molecule has 3 nitrogen and oxygen atoms in total. The molecule has 0 aromatic carbocycles. The standard InChI is InChI=1S/2Fe.3O/q;;3*-2. The largest absolute Gasteiger partial charge is 2.00 e. The Labute approximate surface area is 51.0 Å². The molecule has 0 aromatic rings. The second-order valence-electron chi connectivity index (χ2n) is 0. The Morgan fingerprint density at radius 1 is 0.400 bits per heavy atom. The van der Waals surface area contributed by atoms with Gasteiger partial charge in [0, 0.05) is 34.1 Å². The molecule has 0 aromatic heterocycles. The van der Waals surface area contributed by atoms with E-state index in [2.05, 4.69) is 0 Å². The smallest absolute Gasteiger partial charge is 0 e. The molecule has 0 atom stereocenters. The van der Waals surface area contributed by atoms with Gasteiger partial charge in [-0.3, -0.25) is 0 Å². The summed E-state index contributed by atoms with van der Waals surface area (Å²) in [5.41, 5.74) is 0. The minimum atomic E-state index is 0. The van der Waals surface area contributed by atoms with E-state index < -0.39 is 0 Å². The average Bonchev–Trinajstić information content (AvgIpc) is 0. The zero-order valence-corrected chi connectivity index (χ0v) is 4.14. The minimum absolute atomic E-state index is 0. The maximum absolute atomic E-state index is 0. The zero-order chi connectivity index (χ0) is 0. The van der Waals surface area contributed by atoms with Gasteiger partial charge in [-0.25, -0.2) is 0 Å². The van der Waals surface area contributed by atoms with Crippen LogP contribution in [0.4, 0.5) is 0 Å². The van der Waals surface area contributed by atoms with Gasteiger partial charge in [0.05, 0.1) is 0 Å². The molecule has 0 amide bonds. The summed E-state index contributed by atoms with van der Waals surface area (Å²) in [6.07, 6.45) is 0. The number of hydrogen-bond donors (Lipinski definition) is 0. The van der Waals surface area contributed by atoms with Crippen molar-refractivity contribution in [2.45, 2.75) is 0 Å². The zero-order valence-electron chi connectivity index (χ0n) is 1.93. The van der Waals surface area contributed by atoms with Crippen molar-refractivity contribution < 1.29 is 50.6 Å². The third-order valence-electron chi connectivity index (χ3n) is 0. The average molecular weight is 160 g/mol. The quantitative estimate of drug-likeness (QED) is 0.433. The van der Waals surface area contributed by atoms with Gasteiger partial charge in [0.15, 0.2) is 0 Å². The van der Waals surface area contributed by atoms with Crippen molar-refractivity contribution in [3.8, 4) is 0 Å². The van der Waals surface area contributed by atoms with E-state index >= 15 is 0 Å². The second kappa shape index (κ2) is 89.5. The van der Waals surface area contributed by atoms with Gasteiger partial charge in [-0.15, -0.1) is 0 Å².